The van der Waals surface area contributed by atoms with Gasteiger partial charge in [0.1, 0.15) is 12.1 Å². The molecule has 0 aliphatic heterocycles. The summed E-state index contributed by atoms with van der Waals surface area (Å²) in [5.74, 6) is 0.449. The number of fused-ring (bicyclic) bond motifs is 1. The van der Waals surface area contributed by atoms with Crippen molar-refractivity contribution in [3.05, 3.63) is 30.2 Å². The molecule has 72 valence electrons. The lowest BCUT2D eigenvalue weighted by molar-refractivity contribution is 0.352. The summed E-state index contributed by atoms with van der Waals surface area (Å²) in [6.07, 6.45) is 3.40. The standard InChI is InChI=1S/C9H8ClN3O/c1-2-5-14-8-7-6(3-4-11-7)12-9(10)13-8/h2-4,11H,1,5H2. The smallest absolute Gasteiger partial charge is 0.243 e. The zero-order chi connectivity index (χ0) is 9.97. The van der Waals surface area contributed by atoms with E-state index in [2.05, 4.69) is 21.5 Å². The first kappa shape index (κ1) is 9.02. The van der Waals surface area contributed by atoms with Crippen LogP contribution in [0.15, 0.2) is 24.9 Å². The first-order chi connectivity index (χ1) is 6.81. The number of halogens is 1. The minimum absolute atomic E-state index is 0.177. The molecular weight excluding hydrogens is 202 g/mol. The van der Waals surface area contributed by atoms with E-state index in [1.54, 1.807) is 12.3 Å². The summed E-state index contributed by atoms with van der Waals surface area (Å²) in [5.41, 5.74) is 1.49. The van der Waals surface area contributed by atoms with E-state index < -0.39 is 0 Å². The Hall–Kier alpha value is -1.55. The molecular formula is C9H8ClN3O. The van der Waals surface area contributed by atoms with Crippen LogP contribution in [-0.4, -0.2) is 21.6 Å². The van der Waals surface area contributed by atoms with Crippen LogP contribution >= 0.6 is 11.6 Å². The minimum atomic E-state index is 0.177. The first-order valence-corrected chi connectivity index (χ1v) is 4.43. The van der Waals surface area contributed by atoms with Crippen molar-refractivity contribution >= 4 is 22.6 Å². The number of nitrogens with zero attached hydrogens (tertiary/aromatic N) is 2. The van der Waals surface area contributed by atoms with Gasteiger partial charge in [-0.3, -0.25) is 0 Å². The van der Waals surface area contributed by atoms with Crippen molar-refractivity contribution in [1.82, 2.24) is 15.0 Å². The van der Waals surface area contributed by atoms with Gasteiger partial charge < -0.3 is 9.72 Å². The summed E-state index contributed by atoms with van der Waals surface area (Å²) in [6, 6.07) is 1.81. The van der Waals surface area contributed by atoms with Crippen LogP contribution < -0.4 is 4.74 Å². The number of rotatable bonds is 3. The Morgan fingerprint density at radius 1 is 1.57 bits per heavy atom. The molecule has 0 unspecified atom stereocenters. The average Bonchev–Trinajstić information content (AvgIpc) is 2.61. The fourth-order valence-corrected chi connectivity index (χ4v) is 1.30. The molecule has 4 nitrogen and oxygen atoms in total. The molecule has 0 bridgehead atoms. The lowest BCUT2D eigenvalue weighted by atomic mass is 10.4. The summed E-state index contributed by atoms with van der Waals surface area (Å²) in [7, 11) is 0. The van der Waals surface area contributed by atoms with Gasteiger partial charge in [-0.25, -0.2) is 4.98 Å². The van der Waals surface area contributed by atoms with E-state index in [0.29, 0.717) is 12.5 Å². The zero-order valence-electron chi connectivity index (χ0n) is 7.33. The number of H-pyrrole nitrogens is 1. The highest BCUT2D eigenvalue weighted by molar-refractivity contribution is 6.28. The molecule has 14 heavy (non-hydrogen) atoms. The van der Waals surface area contributed by atoms with Crippen LogP contribution in [-0.2, 0) is 0 Å². The zero-order valence-corrected chi connectivity index (χ0v) is 8.08. The highest BCUT2D eigenvalue weighted by atomic mass is 35.5. The van der Waals surface area contributed by atoms with Crippen molar-refractivity contribution in [3.8, 4) is 5.88 Å². The molecule has 0 aromatic carbocycles. The summed E-state index contributed by atoms with van der Waals surface area (Å²) in [6.45, 7) is 3.94. The summed E-state index contributed by atoms with van der Waals surface area (Å²) in [5, 5.41) is 0.177. The summed E-state index contributed by atoms with van der Waals surface area (Å²) >= 11 is 5.72. The fourth-order valence-electron chi connectivity index (χ4n) is 1.13. The molecule has 0 spiro atoms. The van der Waals surface area contributed by atoms with Gasteiger partial charge in [-0.2, -0.15) is 4.98 Å². The van der Waals surface area contributed by atoms with Crippen LogP contribution in [0.4, 0.5) is 0 Å². The maximum atomic E-state index is 5.72. The molecule has 5 heteroatoms. The van der Waals surface area contributed by atoms with Gasteiger partial charge in [0.15, 0.2) is 0 Å². The molecule has 2 aromatic heterocycles. The van der Waals surface area contributed by atoms with Crippen LogP contribution in [0, 0.1) is 0 Å². The number of hydrogen-bond donors (Lipinski definition) is 1. The van der Waals surface area contributed by atoms with Crippen LogP contribution in [0.5, 0.6) is 5.88 Å². The molecule has 0 saturated heterocycles. The molecule has 0 aliphatic rings. The Labute approximate surface area is 85.6 Å². The van der Waals surface area contributed by atoms with Crippen molar-refractivity contribution in [3.63, 3.8) is 0 Å². The Bertz CT molecular complexity index is 466. The normalized spacial score (nSPS) is 10.4. The van der Waals surface area contributed by atoms with Gasteiger partial charge in [-0.05, 0) is 17.7 Å². The number of aromatic amines is 1. The largest absolute Gasteiger partial charge is 0.472 e. The molecule has 0 aliphatic carbocycles. The molecule has 0 amide bonds. The lowest BCUT2D eigenvalue weighted by Crippen LogP contribution is -1.97. The van der Waals surface area contributed by atoms with Gasteiger partial charge in [-0.1, -0.05) is 12.7 Å². The van der Waals surface area contributed by atoms with Gasteiger partial charge in [0.2, 0.25) is 11.2 Å². The van der Waals surface area contributed by atoms with Crippen LogP contribution in [0.3, 0.4) is 0 Å². The van der Waals surface area contributed by atoms with E-state index in [4.69, 9.17) is 16.3 Å². The van der Waals surface area contributed by atoms with Gasteiger partial charge in [-0.15, -0.1) is 0 Å². The molecule has 2 rings (SSSR count). The van der Waals surface area contributed by atoms with Crippen molar-refractivity contribution in [2.75, 3.05) is 6.61 Å². The maximum absolute atomic E-state index is 5.72. The Morgan fingerprint density at radius 3 is 3.21 bits per heavy atom. The first-order valence-electron chi connectivity index (χ1n) is 4.05. The number of aromatic nitrogens is 3. The topological polar surface area (TPSA) is 50.8 Å². The van der Waals surface area contributed by atoms with Gasteiger partial charge in [0, 0.05) is 6.20 Å². The van der Waals surface area contributed by atoms with E-state index >= 15 is 0 Å². The van der Waals surface area contributed by atoms with E-state index in [1.807, 2.05) is 6.07 Å². The third-order valence-electron chi connectivity index (χ3n) is 1.68. The Kier molecular flexibility index (Phi) is 2.37. The van der Waals surface area contributed by atoms with Crippen molar-refractivity contribution in [2.24, 2.45) is 0 Å². The highest BCUT2D eigenvalue weighted by Gasteiger charge is 2.07. The summed E-state index contributed by atoms with van der Waals surface area (Å²) in [4.78, 5) is 11.0. The Morgan fingerprint density at radius 2 is 2.43 bits per heavy atom. The minimum Gasteiger partial charge on any atom is -0.472 e. The van der Waals surface area contributed by atoms with Gasteiger partial charge in [0.05, 0.1) is 5.52 Å². The quantitative estimate of drug-likeness (QED) is 0.623. The second-order valence-corrected chi connectivity index (χ2v) is 2.97. The molecule has 2 aromatic rings. The monoisotopic (exact) mass is 209 g/mol. The lowest BCUT2D eigenvalue weighted by Gasteiger charge is -2.02. The highest BCUT2D eigenvalue weighted by Crippen LogP contribution is 2.22. The molecule has 2 heterocycles. The van der Waals surface area contributed by atoms with Crippen molar-refractivity contribution in [2.45, 2.75) is 0 Å². The average molecular weight is 210 g/mol. The van der Waals surface area contributed by atoms with E-state index in [1.165, 1.54) is 0 Å². The summed E-state index contributed by atoms with van der Waals surface area (Å²) < 4.78 is 5.32. The van der Waals surface area contributed by atoms with Crippen molar-refractivity contribution < 1.29 is 4.74 Å². The van der Waals surface area contributed by atoms with Crippen LogP contribution in [0.1, 0.15) is 0 Å². The van der Waals surface area contributed by atoms with Crippen molar-refractivity contribution in [1.29, 1.82) is 0 Å². The second-order valence-electron chi connectivity index (χ2n) is 2.64. The molecule has 0 saturated carbocycles. The van der Waals surface area contributed by atoms with E-state index in [0.717, 1.165) is 11.0 Å². The molecule has 1 N–H and O–H groups in total. The molecule has 0 atom stereocenters. The SMILES string of the molecule is C=CCOc1nc(Cl)nc2cc[nH]c12. The third-order valence-corrected chi connectivity index (χ3v) is 1.85. The fraction of sp³-hybridized carbons (Fsp3) is 0.111. The van der Waals surface area contributed by atoms with Crippen LogP contribution in [0.25, 0.3) is 11.0 Å². The van der Waals surface area contributed by atoms with E-state index in [9.17, 15) is 0 Å². The predicted molar refractivity (Wildman–Crippen MR) is 54.6 cm³/mol. The molecule has 0 radical (unpaired) electrons. The third kappa shape index (κ3) is 1.56. The molecule has 0 fully saturated rings. The van der Waals surface area contributed by atoms with Crippen LogP contribution in [0.2, 0.25) is 5.28 Å². The van der Waals surface area contributed by atoms with E-state index in [-0.39, 0.29) is 5.28 Å². The number of hydrogen-bond acceptors (Lipinski definition) is 3. The predicted octanol–water partition coefficient (Wildman–Crippen LogP) is 2.18. The Balaban J connectivity index is 2.49. The van der Waals surface area contributed by atoms with Gasteiger partial charge in [0.25, 0.3) is 0 Å². The maximum Gasteiger partial charge on any atom is 0.243 e. The second kappa shape index (κ2) is 3.67. The van der Waals surface area contributed by atoms with Gasteiger partial charge >= 0.3 is 0 Å². The number of ether oxygens (including phenoxy) is 1. The number of nitrogens with one attached hydrogen (secondary N) is 1.